The summed E-state index contributed by atoms with van der Waals surface area (Å²) in [5, 5.41) is 3.41. The van der Waals surface area contributed by atoms with Gasteiger partial charge in [0, 0.05) is 18.9 Å². The first kappa shape index (κ1) is 10.9. The Morgan fingerprint density at radius 2 is 2.31 bits per heavy atom. The number of aryl methyl sites for hydroxylation is 1. The number of hydrogen-bond donors (Lipinski definition) is 1. The summed E-state index contributed by atoms with van der Waals surface area (Å²) >= 11 is 0. The van der Waals surface area contributed by atoms with Crippen molar-refractivity contribution in [2.45, 2.75) is 26.4 Å². The normalized spacial score (nSPS) is 12.6. The minimum atomic E-state index is 0.217. The topological polar surface area (TPSA) is 38.1 Å². The molecule has 0 aliphatic carbocycles. The van der Waals surface area contributed by atoms with E-state index in [2.05, 4.69) is 24.1 Å². The zero-order valence-corrected chi connectivity index (χ0v) is 9.60. The second-order valence-electron chi connectivity index (χ2n) is 3.92. The van der Waals surface area contributed by atoms with Gasteiger partial charge in [0.25, 0.3) is 0 Å². The van der Waals surface area contributed by atoms with Crippen molar-refractivity contribution in [1.29, 1.82) is 0 Å². The molecule has 2 aromatic rings. The quantitative estimate of drug-likeness (QED) is 0.854. The molecule has 1 atom stereocenters. The second kappa shape index (κ2) is 4.94. The minimum absolute atomic E-state index is 0.217. The van der Waals surface area contributed by atoms with Crippen molar-refractivity contribution in [3.8, 4) is 0 Å². The molecule has 0 radical (unpaired) electrons. The molecule has 0 amide bonds. The standard InChI is InChI=1S/C13H16N2O/c1-10-5-6-14-8-12(10)9-15-11(2)13-4-3-7-16-13/h3-8,11,15H,9H2,1-2H3/t11-/m0/s1. The van der Waals surface area contributed by atoms with Crippen molar-refractivity contribution in [1.82, 2.24) is 10.3 Å². The largest absolute Gasteiger partial charge is 0.468 e. The van der Waals surface area contributed by atoms with E-state index in [1.807, 2.05) is 30.6 Å². The highest BCUT2D eigenvalue weighted by atomic mass is 16.3. The van der Waals surface area contributed by atoms with Crippen molar-refractivity contribution in [2.24, 2.45) is 0 Å². The van der Waals surface area contributed by atoms with E-state index in [-0.39, 0.29) is 6.04 Å². The predicted octanol–water partition coefficient (Wildman–Crippen LogP) is 2.83. The summed E-state index contributed by atoms with van der Waals surface area (Å²) < 4.78 is 5.34. The first-order valence-electron chi connectivity index (χ1n) is 5.43. The third-order valence-electron chi connectivity index (χ3n) is 2.72. The van der Waals surface area contributed by atoms with Crippen LogP contribution < -0.4 is 5.32 Å². The van der Waals surface area contributed by atoms with E-state index in [4.69, 9.17) is 4.42 Å². The second-order valence-corrected chi connectivity index (χ2v) is 3.92. The third kappa shape index (κ3) is 2.49. The van der Waals surface area contributed by atoms with Crippen LogP contribution in [-0.2, 0) is 6.54 Å². The summed E-state index contributed by atoms with van der Waals surface area (Å²) in [6, 6.07) is 6.13. The molecule has 2 heterocycles. The van der Waals surface area contributed by atoms with Crippen molar-refractivity contribution in [2.75, 3.05) is 0 Å². The van der Waals surface area contributed by atoms with Gasteiger partial charge in [-0.15, -0.1) is 0 Å². The Balaban J connectivity index is 1.95. The van der Waals surface area contributed by atoms with Gasteiger partial charge in [0.15, 0.2) is 0 Å². The van der Waals surface area contributed by atoms with E-state index in [1.54, 1.807) is 6.26 Å². The summed E-state index contributed by atoms with van der Waals surface area (Å²) in [7, 11) is 0. The van der Waals surface area contributed by atoms with Crippen LogP contribution in [0.4, 0.5) is 0 Å². The molecule has 0 aliphatic heterocycles. The van der Waals surface area contributed by atoms with E-state index in [1.165, 1.54) is 11.1 Å². The Morgan fingerprint density at radius 3 is 3.00 bits per heavy atom. The van der Waals surface area contributed by atoms with Gasteiger partial charge in [0.1, 0.15) is 5.76 Å². The SMILES string of the molecule is Cc1ccncc1CN[C@@H](C)c1ccco1. The fourth-order valence-corrected chi connectivity index (χ4v) is 1.58. The highest BCUT2D eigenvalue weighted by molar-refractivity contribution is 5.21. The lowest BCUT2D eigenvalue weighted by Gasteiger charge is -2.12. The van der Waals surface area contributed by atoms with Gasteiger partial charge in [-0.25, -0.2) is 0 Å². The molecule has 0 bridgehead atoms. The summed E-state index contributed by atoms with van der Waals surface area (Å²) in [6.07, 6.45) is 5.41. The van der Waals surface area contributed by atoms with Gasteiger partial charge in [-0.2, -0.15) is 0 Å². The first-order valence-corrected chi connectivity index (χ1v) is 5.43. The minimum Gasteiger partial charge on any atom is -0.468 e. The average molecular weight is 216 g/mol. The smallest absolute Gasteiger partial charge is 0.120 e. The van der Waals surface area contributed by atoms with Crippen LogP contribution in [0.1, 0.15) is 29.9 Å². The van der Waals surface area contributed by atoms with Crippen LogP contribution in [0.2, 0.25) is 0 Å². The van der Waals surface area contributed by atoms with Crippen molar-refractivity contribution in [3.63, 3.8) is 0 Å². The van der Waals surface area contributed by atoms with Crippen LogP contribution in [-0.4, -0.2) is 4.98 Å². The van der Waals surface area contributed by atoms with Gasteiger partial charge in [0.2, 0.25) is 0 Å². The van der Waals surface area contributed by atoms with E-state index >= 15 is 0 Å². The predicted molar refractivity (Wildman–Crippen MR) is 62.9 cm³/mol. The lowest BCUT2D eigenvalue weighted by atomic mass is 10.1. The molecule has 0 saturated carbocycles. The molecule has 0 unspecified atom stereocenters. The number of furan rings is 1. The van der Waals surface area contributed by atoms with Crippen molar-refractivity contribution in [3.05, 3.63) is 53.7 Å². The maximum Gasteiger partial charge on any atom is 0.120 e. The zero-order valence-electron chi connectivity index (χ0n) is 9.60. The summed E-state index contributed by atoms with van der Waals surface area (Å²) in [4.78, 5) is 4.12. The van der Waals surface area contributed by atoms with Gasteiger partial charge in [-0.05, 0) is 43.2 Å². The third-order valence-corrected chi connectivity index (χ3v) is 2.72. The molecule has 0 aliphatic rings. The van der Waals surface area contributed by atoms with Gasteiger partial charge >= 0.3 is 0 Å². The van der Waals surface area contributed by atoms with Crippen LogP contribution >= 0.6 is 0 Å². The molecule has 0 aromatic carbocycles. The molecule has 0 fully saturated rings. The number of nitrogens with zero attached hydrogens (tertiary/aromatic N) is 1. The molecular formula is C13H16N2O. The van der Waals surface area contributed by atoms with Crippen LogP contribution in [0.5, 0.6) is 0 Å². The summed E-state index contributed by atoms with van der Waals surface area (Å²) in [5.41, 5.74) is 2.48. The van der Waals surface area contributed by atoms with E-state index in [0.29, 0.717) is 0 Å². The maximum atomic E-state index is 5.34. The van der Waals surface area contributed by atoms with Crippen LogP contribution in [0.15, 0.2) is 41.3 Å². The number of hydrogen-bond acceptors (Lipinski definition) is 3. The maximum absolute atomic E-state index is 5.34. The first-order chi connectivity index (χ1) is 7.77. The number of aromatic nitrogens is 1. The number of pyridine rings is 1. The van der Waals surface area contributed by atoms with Gasteiger partial charge in [0.05, 0.1) is 12.3 Å². The Morgan fingerprint density at radius 1 is 1.44 bits per heavy atom. The van der Waals surface area contributed by atoms with E-state index in [0.717, 1.165) is 12.3 Å². The number of nitrogens with one attached hydrogen (secondary N) is 1. The van der Waals surface area contributed by atoms with Gasteiger partial charge in [-0.3, -0.25) is 4.98 Å². The highest BCUT2D eigenvalue weighted by Crippen LogP contribution is 2.13. The van der Waals surface area contributed by atoms with E-state index in [9.17, 15) is 0 Å². The van der Waals surface area contributed by atoms with Crippen molar-refractivity contribution >= 4 is 0 Å². The number of rotatable bonds is 4. The lowest BCUT2D eigenvalue weighted by molar-refractivity contribution is 0.430. The fraction of sp³-hybridized carbons (Fsp3) is 0.308. The van der Waals surface area contributed by atoms with Crippen LogP contribution in [0.3, 0.4) is 0 Å². The monoisotopic (exact) mass is 216 g/mol. The molecule has 2 rings (SSSR count). The Labute approximate surface area is 95.5 Å². The zero-order chi connectivity index (χ0) is 11.4. The summed E-state index contributed by atoms with van der Waals surface area (Å²) in [5.74, 6) is 0.960. The molecular weight excluding hydrogens is 200 g/mol. The average Bonchev–Trinajstić information content (AvgIpc) is 2.81. The lowest BCUT2D eigenvalue weighted by Crippen LogP contribution is -2.18. The molecule has 2 aromatic heterocycles. The molecule has 3 heteroatoms. The van der Waals surface area contributed by atoms with Crippen molar-refractivity contribution < 1.29 is 4.42 Å². The van der Waals surface area contributed by atoms with Gasteiger partial charge in [-0.1, -0.05) is 0 Å². The fourth-order valence-electron chi connectivity index (χ4n) is 1.58. The highest BCUT2D eigenvalue weighted by Gasteiger charge is 2.07. The Kier molecular flexibility index (Phi) is 3.37. The molecule has 1 N–H and O–H groups in total. The Bertz CT molecular complexity index is 437. The molecule has 16 heavy (non-hydrogen) atoms. The van der Waals surface area contributed by atoms with Gasteiger partial charge < -0.3 is 9.73 Å². The molecule has 0 saturated heterocycles. The summed E-state index contributed by atoms with van der Waals surface area (Å²) in [6.45, 7) is 4.99. The van der Waals surface area contributed by atoms with E-state index < -0.39 is 0 Å². The molecule has 3 nitrogen and oxygen atoms in total. The van der Waals surface area contributed by atoms with Crippen LogP contribution in [0.25, 0.3) is 0 Å². The molecule has 84 valence electrons. The Hall–Kier alpha value is -1.61. The molecule has 0 spiro atoms. The van der Waals surface area contributed by atoms with Crippen LogP contribution in [0, 0.1) is 6.92 Å².